The van der Waals surface area contributed by atoms with Crippen LogP contribution in [0, 0.1) is 5.41 Å². The van der Waals surface area contributed by atoms with Crippen LogP contribution in [0.4, 0.5) is 11.8 Å². The number of aromatic nitrogens is 2. The maximum Gasteiger partial charge on any atom is 0.225 e. The van der Waals surface area contributed by atoms with Gasteiger partial charge in [-0.05, 0) is 25.2 Å². The van der Waals surface area contributed by atoms with E-state index in [-0.39, 0.29) is 17.1 Å². The molecule has 0 unspecified atom stereocenters. The first-order valence-electron chi connectivity index (χ1n) is 9.27. The first-order valence-corrected chi connectivity index (χ1v) is 9.27. The van der Waals surface area contributed by atoms with Gasteiger partial charge in [0.25, 0.3) is 0 Å². The van der Waals surface area contributed by atoms with Gasteiger partial charge in [0.05, 0.1) is 18.4 Å². The van der Waals surface area contributed by atoms with Crippen molar-refractivity contribution in [1.82, 2.24) is 9.97 Å². The predicted octanol–water partition coefficient (Wildman–Crippen LogP) is 3.00. The van der Waals surface area contributed by atoms with Crippen LogP contribution in [0.5, 0.6) is 0 Å². The third-order valence-electron chi connectivity index (χ3n) is 5.35. The second-order valence-corrected chi connectivity index (χ2v) is 8.80. The topological polar surface area (TPSA) is 76.3 Å². The number of hydrogen-bond donors (Lipinski definition) is 2. The summed E-state index contributed by atoms with van der Waals surface area (Å²) in [5, 5.41) is 3.55. The van der Waals surface area contributed by atoms with E-state index < -0.39 is 0 Å². The van der Waals surface area contributed by atoms with E-state index in [1.165, 1.54) is 0 Å². The molecular formula is C19H35N5O. The smallest absolute Gasteiger partial charge is 0.225 e. The molecule has 3 N–H and O–H groups in total. The fourth-order valence-corrected chi connectivity index (χ4v) is 2.50. The zero-order valence-corrected chi connectivity index (χ0v) is 16.9. The summed E-state index contributed by atoms with van der Waals surface area (Å²) < 4.78 is 5.69. The molecule has 0 saturated carbocycles. The maximum atomic E-state index is 5.79. The number of hydrogen-bond acceptors (Lipinski definition) is 6. The van der Waals surface area contributed by atoms with E-state index in [1.54, 1.807) is 0 Å². The van der Waals surface area contributed by atoms with E-state index >= 15 is 0 Å². The Balaban J connectivity index is 2.33. The number of morpholine rings is 1. The minimum absolute atomic E-state index is 0.0636. The van der Waals surface area contributed by atoms with Crippen LogP contribution in [0.3, 0.4) is 0 Å². The van der Waals surface area contributed by atoms with Crippen molar-refractivity contribution in [1.29, 1.82) is 0 Å². The summed E-state index contributed by atoms with van der Waals surface area (Å²) in [6.45, 7) is 18.2. The van der Waals surface area contributed by atoms with E-state index in [0.717, 1.165) is 24.6 Å². The molecule has 1 aromatic heterocycles. The zero-order valence-electron chi connectivity index (χ0n) is 16.9. The van der Waals surface area contributed by atoms with Crippen molar-refractivity contribution in [2.75, 3.05) is 36.5 Å². The summed E-state index contributed by atoms with van der Waals surface area (Å²) in [5.41, 5.74) is 6.78. The van der Waals surface area contributed by atoms with Gasteiger partial charge >= 0.3 is 0 Å². The number of nitrogens with two attached hydrogens (primary N) is 1. The van der Waals surface area contributed by atoms with Gasteiger partial charge in [-0.1, -0.05) is 34.6 Å². The van der Waals surface area contributed by atoms with Gasteiger partial charge in [0.2, 0.25) is 5.95 Å². The number of ether oxygens (including phenoxy) is 1. The predicted molar refractivity (Wildman–Crippen MR) is 104 cm³/mol. The van der Waals surface area contributed by atoms with Gasteiger partial charge in [-0.3, -0.25) is 0 Å². The highest BCUT2D eigenvalue weighted by Gasteiger charge is 2.33. The molecule has 1 aromatic rings. The monoisotopic (exact) mass is 349 g/mol. The molecule has 25 heavy (non-hydrogen) atoms. The molecule has 1 saturated heterocycles. The number of anilines is 2. The molecule has 1 aliphatic heterocycles. The van der Waals surface area contributed by atoms with E-state index in [9.17, 15) is 0 Å². The molecule has 2 rings (SSSR count). The van der Waals surface area contributed by atoms with E-state index in [1.807, 2.05) is 0 Å². The van der Waals surface area contributed by atoms with Crippen molar-refractivity contribution in [2.24, 2.45) is 11.1 Å². The van der Waals surface area contributed by atoms with Crippen molar-refractivity contribution in [3.8, 4) is 0 Å². The van der Waals surface area contributed by atoms with Gasteiger partial charge in [-0.2, -0.15) is 4.98 Å². The summed E-state index contributed by atoms with van der Waals surface area (Å²) in [4.78, 5) is 11.8. The molecule has 1 atom stereocenters. The van der Waals surface area contributed by atoms with Gasteiger partial charge in [-0.25, -0.2) is 4.98 Å². The van der Waals surface area contributed by atoms with Crippen molar-refractivity contribution in [3.63, 3.8) is 0 Å². The third kappa shape index (κ3) is 4.82. The van der Waals surface area contributed by atoms with Crippen LogP contribution in [-0.2, 0) is 4.74 Å². The normalized spacial score (nSPS) is 19.4. The number of nitrogens with zero attached hydrogens (tertiary/aromatic N) is 3. The molecule has 0 amide bonds. The van der Waals surface area contributed by atoms with Gasteiger partial charge in [0, 0.05) is 31.2 Å². The summed E-state index contributed by atoms with van der Waals surface area (Å²) in [5.74, 6) is 1.98. The Hall–Kier alpha value is -1.40. The zero-order chi connectivity index (χ0) is 18.8. The lowest BCUT2D eigenvalue weighted by Gasteiger charge is -2.40. The molecule has 6 nitrogen and oxygen atoms in total. The van der Waals surface area contributed by atoms with E-state index in [0.29, 0.717) is 25.0 Å². The standard InChI is InChI=1S/C19H35N5O/c1-13(2)15-10-16(24-8-9-25-14(11-20)12-24)22-17(21-15)23-19(6,7)18(3,4)5/h10,13-14H,8-9,11-12,20H2,1-7H3,(H,21,22,23)/t14-/m1/s1. The van der Waals surface area contributed by atoms with Gasteiger partial charge in [0.1, 0.15) is 5.82 Å². The first kappa shape index (κ1) is 19.9. The lowest BCUT2D eigenvalue weighted by molar-refractivity contribution is 0.0463. The minimum atomic E-state index is -0.134. The lowest BCUT2D eigenvalue weighted by atomic mass is 9.76. The van der Waals surface area contributed by atoms with Crippen LogP contribution in [0.25, 0.3) is 0 Å². The molecule has 0 bridgehead atoms. The Morgan fingerprint density at radius 1 is 1.28 bits per heavy atom. The third-order valence-corrected chi connectivity index (χ3v) is 5.35. The van der Waals surface area contributed by atoms with E-state index in [4.69, 9.17) is 20.4 Å². The molecular weight excluding hydrogens is 314 g/mol. The highest BCUT2D eigenvalue weighted by molar-refractivity contribution is 5.47. The largest absolute Gasteiger partial charge is 0.373 e. The Labute approximate surface area is 152 Å². The second kappa shape index (κ2) is 7.46. The Bertz CT molecular complexity index is 580. The van der Waals surface area contributed by atoms with Crippen molar-refractivity contribution >= 4 is 11.8 Å². The summed E-state index contributed by atoms with van der Waals surface area (Å²) in [6.07, 6.45) is 0.0636. The second-order valence-electron chi connectivity index (χ2n) is 8.80. The first-order chi connectivity index (χ1) is 11.5. The van der Waals surface area contributed by atoms with Crippen LogP contribution < -0.4 is 16.0 Å². The SMILES string of the molecule is CC(C)c1cc(N2CCO[C@H](CN)C2)nc(NC(C)(C)C(C)(C)C)n1. The molecule has 0 spiro atoms. The van der Waals surface area contributed by atoms with Gasteiger partial charge in [0.15, 0.2) is 0 Å². The Kier molecular flexibility index (Phi) is 5.94. The molecule has 1 aliphatic rings. The summed E-state index contributed by atoms with van der Waals surface area (Å²) in [6, 6.07) is 2.10. The number of nitrogens with one attached hydrogen (secondary N) is 1. The van der Waals surface area contributed by atoms with Crippen LogP contribution in [0.1, 0.15) is 60.1 Å². The number of rotatable bonds is 5. The molecule has 142 valence electrons. The van der Waals surface area contributed by atoms with E-state index in [2.05, 4.69) is 64.7 Å². The molecule has 0 radical (unpaired) electrons. The fraction of sp³-hybridized carbons (Fsp3) is 0.789. The van der Waals surface area contributed by atoms with Crippen molar-refractivity contribution in [3.05, 3.63) is 11.8 Å². The maximum absolute atomic E-state index is 5.79. The summed E-state index contributed by atoms with van der Waals surface area (Å²) >= 11 is 0. The highest BCUT2D eigenvalue weighted by Crippen LogP contribution is 2.33. The molecule has 2 heterocycles. The van der Waals surface area contributed by atoms with Gasteiger partial charge in [-0.15, -0.1) is 0 Å². The highest BCUT2D eigenvalue weighted by atomic mass is 16.5. The molecule has 1 fully saturated rings. The van der Waals surface area contributed by atoms with Crippen LogP contribution in [0.2, 0.25) is 0 Å². The molecule has 0 aromatic carbocycles. The summed E-state index contributed by atoms with van der Waals surface area (Å²) in [7, 11) is 0. The van der Waals surface area contributed by atoms with Crippen LogP contribution >= 0.6 is 0 Å². The van der Waals surface area contributed by atoms with Crippen LogP contribution in [-0.4, -0.2) is 47.9 Å². The van der Waals surface area contributed by atoms with Crippen molar-refractivity contribution < 1.29 is 4.74 Å². The average Bonchev–Trinajstić information content (AvgIpc) is 2.53. The lowest BCUT2D eigenvalue weighted by Crippen LogP contribution is -2.46. The minimum Gasteiger partial charge on any atom is -0.373 e. The van der Waals surface area contributed by atoms with Crippen LogP contribution in [0.15, 0.2) is 6.07 Å². The quantitative estimate of drug-likeness (QED) is 0.851. The Morgan fingerprint density at radius 3 is 2.52 bits per heavy atom. The Morgan fingerprint density at radius 2 is 1.96 bits per heavy atom. The molecule has 6 heteroatoms. The van der Waals surface area contributed by atoms with Gasteiger partial charge < -0.3 is 20.7 Å². The molecule has 0 aliphatic carbocycles. The van der Waals surface area contributed by atoms with Crippen molar-refractivity contribution in [2.45, 2.75) is 66.0 Å². The average molecular weight is 350 g/mol. The fourth-order valence-electron chi connectivity index (χ4n) is 2.50.